The van der Waals surface area contributed by atoms with E-state index in [1.807, 2.05) is 0 Å². The summed E-state index contributed by atoms with van der Waals surface area (Å²) in [6.07, 6.45) is -1.77. The average molecular weight is 412 g/mol. The Kier molecular flexibility index (Phi) is 5.47. The van der Waals surface area contributed by atoms with E-state index in [1.165, 1.54) is 43.3 Å². The van der Waals surface area contributed by atoms with Gasteiger partial charge in [-0.3, -0.25) is 14.5 Å². The van der Waals surface area contributed by atoms with Gasteiger partial charge in [0.15, 0.2) is 0 Å². The molecule has 0 aliphatic carbocycles. The molecule has 0 spiro atoms. The van der Waals surface area contributed by atoms with Crippen LogP contribution in [0.1, 0.15) is 18.2 Å². The van der Waals surface area contributed by atoms with Crippen LogP contribution >= 0.6 is 0 Å². The van der Waals surface area contributed by atoms with Crippen molar-refractivity contribution in [3.05, 3.63) is 77.1 Å². The summed E-state index contributed by atoms with van der Waals surface area (Å²) in [6, 6.07) is 9.44. The smallest absolute Gasteiger partial charge is 0.416 e. The van der Waals surface area contributed by atoms with Crippen LogP contribution in [0.3, 0.4) is 0 Å². The number of nitrogens with zero attached hydrogens (tertiary/aromatic N) is 2. The Morgan fingerprint density at radius 3 is 2.57 bits per heavy atom. The Morgan fingerprint density at radius 2 is 1.93 bits per heavy atom. The highest BCUT2D eigenvalue weighted by atomic mass is 19.4. The molecule has 8 heteroatoms. The van der Waals surface area contributed by atoms with Crippen molar-refractivity contribution in [1.82, 2.24) is 4.90 Å². The van der Waals surface area contributed by atoms with Gasteiger partial charge in [0.05, 0.1) is 5.56 Å². The van der Waals surface area contributed by atoms with Crippen molar-refractivity contribution < 1.29 is 27.2 Å². The highest BCUT2D eigenvalue weighted by molar-refractivity contribution is 6.19. The summed E-state index contributed by atoms with van der Waals surface area (Å²) in [4.78, 5) is 25.9. The lowest BCUT2D eigenvalue weighted by Gasteiger charge is -2.26. The van der Waals surface area contributed by atoms with Crippen LogP contribution in [0.4, 0.5) is 13.2 Å². The molecule has 2 amide bonds. The van der Waals surface area contributed by atoms with Crippen LogP contribution in [-0.2, 0) is 15.8 Å². The highest BCUT2D eigenvalue weighted by Crippen LogP contribution is 2.33. The summed E-state index contributed by atoms with van der Waals surface area (Å²) in [6.45, 7) is 4.91. The lowest BCUT2D eigenvalue weighted by Crippen LogP contribution is -2.42. The van der Waals surface area contributed by atoms with E-state index in [-0.39, 0.29) is 40.3 Å². The highest BCUT2D eigenvalue weighted by Gasteiger charge is 2.35. The number of benzene rings is 1. The molecule has 0 radical (unpaired) electrons. The fourth-order valence-corrected chi connectivity index (χ4v) is 3.00. The van der Waals surface area contributed by atoms with Crippen LogP contribution in [0.15, 0.2) is 70.2 Å². The van der Waals surface area contributed by atoms with Crippen molar-refractivity contribution in [3.8, 4) is 17.4 Å². The van der Waals surface area contributed by atoms with Crippen LogP contribution in [-0.4, -0.2) is 23.3 Å². The minimum Gasteiger partial charge on any atom is -0.457 e. The Hall–Kier alpha value is -3.86. The number of halogens is 3. The van der Waals surface area contributed by atoms with Crippen molar-refractivity contribution in [2.45, 2.75) is 13.1 Å². The first kappa shape index (κ1) is 20.9. The summed E-state index contributed by atoms with van der Waals surface area (Å²) in [5, 5.41) is 9.30. The lowest BCUT2D eigenvalue weighted by atomic mass is 9.94. The third-order valence-corrected chi connectivity index (χ3v) is 4.52. The zero-order valence-electron chi connectivity index (χ0n) is 15.8. The molecule has 2 heterocycles. The number of rotatable bonds is 4. The molecule has 0 bridgehead atoms. The predicted molar refractivity (Wildman–Crippen MR) is 102 cm³/mol. The van der Waals surface area contributed by atoms with E-state index in [2.05, 4.69) is 6.58 Å². The third-order valence-electron chi connectivity index (χ3n) is 4.52. The van der Waals surface area contributed by atoms with E-state index in [0.29, 0.717) is 0 Å². The molecule has 152 valence electrons. The fraction of sp³-hybridized carbons (Fsp3) is 0.136. The molecular formula is C22H15F3N2O3. The summed E-state index contributed by atoms with van der Waals surface area (Å²) in [5.41, 5.74) is -0.484. The van der Waals surface area contributed by atoms with Gasteiger partial charge in [0.25, 0.3) is 11.8 Å². The maximum absolute atomic E-state index is 12.9. The quantitative estimate of drug-likeness (QED) is 0.413. The number of carbonyl (C=O) groups is 2. The summed E-state index contributed by atoms with van der Waals surface area (Å²) in [7, 11) is 0. The number of furan rings is 1. The largest absolute Gasteiger partial charge is 0.457 e. The van der Waals surface area contributed by atoms with Crippen LogP contribution in [0.2, 0.25) is 0 Å². The van der Waals surface area contributed by atoms with Crippen LogP contribution in [0.25, 0.3) is 17.4 Å². The van der Waals surface area contributed by atoms with Gasteiger partial charge < -0.3 is 4.42 Å². The molecule has 0 atom stereocenters. The molecular weight excluding hydrogens is 397 g/mol. The maximum atomic E-state index is 12.9. The van der Waals surface area contributed by atoms with Crippen LogP contribution in [0.5, 0.6) is 0 Å². The van der Waals surface area contributed by atoms with E-state index in [9.17, 15) is 28.0 Å². The van der Waals surface area contributed by atoms with Crippen LogP contribution < -0.4 is 0 Å². The first-order valence-corrected chi connectivity index (χ1v) is 8.75. The van der Waals surface area contributed by atoms with E-state index < -0.39 is 23.6 Å². The van der Waals surface area contributed by atoms with E-state index in [4.69, 9.17) is 4.42 Å². The minimum absolute atomic E-state index is 0.0683. The van der Waals surface area contributed by atoms with Crippen molar-refractivity contribution in [1.29, 1.82) is 5.26 Å². The molecule has 30 heavy (non-hydrogen) atoms. The van der Waals surface area contributed by atoms with E-state index in [1.54, 1.807) is 6.07 Å². The zero-order valence-corrected chi connectivity index (χ0v) is 15.8. The number of nitriles is 1. The molecule has 1 aromatic carbocycles. The zero-order chi connectivity index (χ0) is 22.1. The second-order valence-corrected chi connectivity index (χ2v) is 6.46. The van der Waals surface area contributed by atoms with Crippen molar-refractivity contribution in [2.75, 3.05) is 6.54 Å². The second-order valence-electron chi connectivity index (χ2n) is 6.46. The Bertz CT molecular complexity index is 1150. The molecule has 0 N–H and O–H groups in total. The molecule has 2 aromatic rings. The summed E-state index contributed by atoms with van der Waals surface area (Å²) in [5.74, 6) is -0.956. The van der Waals surface area contributed by atoms with Gasteiger partial charge in [0.2, 0.25) is 0 Å². The van der Waals surface area contributed by atoms with Gasteiger partial charge in [-0.1, -0.05) is 18.2 Å². The molecule has 0 unspecified atom stereocenters. The lowest BCUT2D eigenvalue weighted by molar-refractivity contribution is -0.140. The molecule has 5 nitrogen and oxygen atoms in total. The van der Waals surface area contributed by atoms with Gasteiger partial charge in [-0.15, -0.1) is 6.58 Å². The molecule has 1 aliphatic rings. The fourth-order valence-electron chi connectivity index (χ4n) is 3.00. The molecule has 1 aromatic heterocycles. The van der Waals surface area contributed by atoms with E-state index >= 15 is 0 Å². The first-order valence-electron chi connectivity index (χ1n) is 8.75. The first-order chi connectivity index (χ1) is 14.2. The standard InChI is InChI=1S/C22H15F3N2O3/c1-3-9-27-20(28)17(13(2)18(12-26)21(27)29)11-16-7-8-19(30-16)14-5-4-6-15(10-14)22(23,24)25/h3-8,10-11H,1,9H2,2H3/b17-11+. The second kappa shape index (κ2) is 7.87. The Labute approximate surface area is 170 Å². The minimum atomic E-state index is -4.49. The summed E-state index contributed by atoms with van der Waals surface area (Å²) < 4.78 is 44.4. The third kappa shape index (κ3) is 3.82. The van der Waals surface area contributed by atoms with E-state index in [0.717, 1.165) is 17.0 Å². The molecule has 0 saturated carbocycles. The average Bonchev–Trinajstić information content (AvgIpc) is 3.17. The number of alkyl halides is 3. The van der Waals surface area contributed by atoms with Gasteiger partial charge in [-0.25, -0.2) is 0 Å². The predicted octanol–water partition coefficient (Wildman–Crippen LogP) is 4.74. The Balaban J connectivity index is 2.02. The number of imide groups is 1. The number of carbonyl (C=O) groups excluding carboxylic acids is 2. The SMILES string of the molecule is C=CCN1C(=O)C(C#N)=C(C)/C(=C\c2ccc(-c3cccc(C(F)(F)F)c3)o2)C1=O. The van der Waals surface area contributed by atoms with Crippen molar-refractivity contribution >= 4 is 17.9 Å². The van der Waals surface area contributed by atoms with Gasteiger partial charge in [-0.2, -0.15) is 18.4 Å². The van der Waals surface area contributed by atoms with Crippen molar-refractivity contribution in [2.24, 2.45) is 0 Å². The molecule has 0 fully saturated rings. The van der Waals surface area contributed by atoms with Gasteiger partial charge in [0.1, 0.15) is 23.2 Å². The molecule has 3 rings (SSSR count). The Morgan fingerprint density at radius 1 is 1.20 bits per heavy atom. The number of amides is 2. The normalized spacial score (nSPS) is 16.2. The number of hydrogen-bond donors (Lipinski definition) is 0. The van der Waals surface area contributed by atoms with Gasteiger partial charge in [0, 0.05) is 17.7 Å². The molecule has 0 saturated heterocycles. The maximum Gasteiger partial charge on any atom is 0.416 e. The van der Waals surface area contributed by atoms with Gasteiger partial charge in [-0.05, 0) is 42.8 Å². The van der Waals surface area contributed by atoms with Crippen LogP contribution in [0, 0.1) is 11.3 Å². The summed E-state index contributed by atoms with van der Waals surface area (Å²) >= 11 is 0. The van der Waals surface area contributed by atoms with Gasteiger partial charge >= 0.3 is 6.18 Å². The van der Waals surface area contributed by atoms with Crippen molar-refractivity contribution in [3.63, 3.8) is 0 Å². The number of hydrogen-bond acceptors (Lipinski definition) is 4. The molecule has 1 aliphatic heterocycles. The topological polar surface area (TPSA) is 74.3 Å². The monoisotopic (exact) mass is 412 g/mol.